The third-order valence-electron chi connectivity index (χ3n) is 4.46. The summed E-state index contributed by atoms with van der Waals surface area (Å²) in [5.41, 5.74) is 0.796. The summed E-state index contributed by atoms with van der Waals surface area (Å²) >= 11 is 0. The lowest BCUT2D eigenvalue weighted by Gasteiger charge is -2.07. The first-order chi connectivity index (χ1) is 15.1. The first kappa shape index (κ1) is 24.2. The van der Waals surface area contributed by atoms with E-state index in [2.05, 4.69) is 13.8 Å². The summed E-state index contributed by atoms with van der Waals surface area (Å²) in [6.45, 7) is 6.59. The Bertz CT molecular complexity index is 822. The number of benzene rings is 2. The summed E-state index contributed by atoms with van der Waals surface area (Å²) in [5.74, 6) is 0.970. The second-order valence-electron chi connectivity index (χ2n) is 7.14. The molecule has 0 aliphatic rings. The Balaban J connectivity index is 1.77. The van der Waals surface area contributed by atoms with Gasteiger partial charge in [-0.05, 0) is 60.9 Å². The number of carbonyl (C=O) groups excluding carboxylic acids is 2. The van der Waals surface area contributed by atoms with E-state index in [4.69, 9.17) is 14.2 Å². The molecule has 0 atom stereocenters. The maximum Gasteiger partial charge on any atom is 0.336 e. The van der Waals surface area contributed by atoms with Crippen LogP contribution in [0.1, 0.15) is 57.4 Å². The van der Waals surface area contributed by atoms with Gasteiger partial charge in [0.15, 0.2) is 0 Å². The topological polar surface area (TPSA) is 61.8 Å². The Morgan fingerprint density at radius 3 is 2.16 bits per heavy atom. The van der Waals surface area contributed by atoms with E-state index < -0.39 is 5.97 Å². The number of carbonyl (C=O) groups is 2. The summed E-state index contributed by atoms with van der Waals surface area (Å²) in [7, 11) is 0. The highest BCUT2D eigenvalue weighted by Crippen LogP contribution is 2.19. The van der Waals surface area contributed by atoms with Crippen molar-refractivity contribution < 1.29 is 23.8 Å². The fourth-order valence-electron chi connectivity index (χ4n) is 2.74. The van der Waals surface area contributed by atoms with Gasteiger partial charge in [0.05, 0.1) is 6.61 Å². The fraction of sp³-hybridized carbons (Fsp3) is 0.346. The molecule has 2 aromatic rings. The molecule has 0 aliphatic carbocycles. The normalized spacial score (nSPS) is 10.8. The largest absolute Gasteiger partial charge is 0.494 e. The van der Waals surface area contributed by atoms with Gasteiger partial charge in [-0.25, -0.2) is 4.79 Å². The van der Waals surface area contributed by atoms with Crippen molar-refractivity contribution >= 4 is 18.0 Å². The van der Waals surface area contributed by atoms with Gasteiger partial charge in [-0.1, -0.05) is 51.7 Å². The highest BCUT2D eigenvalue weighted by molar-refractivity contribution is 5.88. The molecule has 0 aromatic heterocycles. The number of esters is 2. The van der Waals surface area contributed by atoms with Crippen LogP contribution in [0.15, 0.2) is 54.6 Å². The number of ether oxygens (including phenoxy) is 3. The summed E-state index contributed by atoms with van der Waals surface area (Å²) in [5, 5.41) is 0. The molecule has 0 fully saturated rings. The van der Waals surface area contributed by atoms with Gasteiger partial charge in [-0.3, -0.25) is 4.79 Å². The van der Waals surface area contributed by atoms with Crippen LogP contribution in [0.25, 0.3) is 6.08 Å². The molecule has 2 rings (SSSR count). The van der Waals surface area contributed by atoms with Gasteiger partial charge >= 0.3 is 11.9 Å². The van der Waals surface area contributed by atoms with Gasteiger partial charge in [0, 0.05) is 12.5 Å². The smallest absolute Gasteiger partial charge is 0.336 e. The predicted octanol–water partition coefficient (Wildman–Crippen LogP) is 6.17. The number of unbranched alkanes of at least 4 members (excludes halogenated alkanes) is 4. The van der Waals surface area contributed by atoms with Gasteiger partial charge in [0.2, 0.25) is 0 Å². The Hall–Kier alpha value is -3.08. The van der Waals surface area contributed by atoms with E-state index in [1.165, 1.54) is 6.08 Å². The predicted molar refractivity (Wildman–Crippen MR) is 122 cm³/mol. The van der Waals surface area contributed by atoms with Crippen LogP contribution in [0.3, 0.4) is 0 Å². The van der Waals surface area contributed by atoms with Gasteiger partial charge in [0.25, 0.3) is 0 Å². The minimum Gasteiger partial charge on any atom is -0.494 e. The summed E-state index contributed by atoms with van der Waals surface area (Å²) < 4.78 is 16.2. The van der Waals surface area contributed by atoms with Crippen molar-refractivity contribution in [1.82, 2.24) is 0 Å². The van der Waals surface area contributed by atoms with Crippen molar-refractivity contribution in [2.24, 2.45) is 0 Å². The Morgan fingerprint density at radius 2 is 1.48 bits per heavy atom. The van der Waals surface area contributed by atoms with Crippen LogP contribution < -0.4 is 14.2 Å². The molecule has 0 N–H and O–H groups in total. The van der Waals surface area contributed by atoms with E-state index in [0.29, 0.717) is 24.5 Å². The molecular weight excluding hydrogens is 392 g/mol. The second kappa shape index (κ2) is 14.0. The molecule has 165 valence electrons. The second-order valence-corrected chi connectivity index (χ2v) is 7.14. The molecule has 2 aromatic carbocycles. The van der Waals surface area contributed by atoms with Crippen molar-refractivity contribution in [3.05, 3.63) is 67.1 Å². The lowest BCUT2D eigenvalue weighted by atomic mass is 10.2. The summed E-state index contributed by atoms with van der Waals surface area (Å²) in [6.07, 6.45) is 9.21. The molecule has 0 spiro atoms. The molecule has 0 unspecified atom stereocenters. The van der Waals surface area contributed by atoms with E-state index in [1.807, 2.05) is 0 Å². The Morgan fingerprint density at radius 1 is 0.839 bits per heavy atom. The van der Waals surface area contributed by atoms with Crippen molar-refractivity contribution in [2.75, 3.05) is 6.61 Å². The third kappa shape index (κ3) is 9.98. The average molecular weight is 424 g/mol. The summed E-state index contributed by atoms with van der Waals surface area (Å²) in [4.78, 5) is 23.8. The van der Waals surface area contributed by atoms with E-state index in [9.17, 15) is 9.59 Å². The average Bonchev–Trinajstić information content (AvgIpc) is 2.77. The van der Waals surface area contributed by atoms with Crippen molar-refractivity contribution in [2.45, 2.75) is 51.9 Å². The van der Waals surface area contributed by atoms with Crippen LogP contribution in [-0.2, 0) is 9.59 Å². The van der Waals surface area contributed by atoms with Gasteiger partial charge in [0.1, 0.15) is 17.2 Å². The molecule has 0 saturated heterocycles. The molecule has 5 nitrogen and oxygen atoms in total. The van der Waals surface area contributed by atoms with Crippen LogP contribution in [-0.4, -0.2) is 18.5 Å². The van der Waals surface area contributed by atoms with E-state index >= 15 is 0 Å². The van der Waals surface area contributed by atoms with Crippen LogP contribution in [0.2, 0.25) is 0 Å². The molecule has 0 aliphatic heterocycles. The van der Waals surface area contributed by atoms with E-state index in [0.717, 1.165) is 49.8 Å². The SMILES string of the molecule is [CH2]CCCCC(=O)Oc1ccc(/C=C/C(=O)Oc2ccc(OCCCCC)cc2)cc1. The zero-order chi connectivity index (χ0) is 22.3. The molecule has 0 saturated carbocycles. The fourth-order valence-corrected chi connectivity index (χ4v) is 2.74. The lowest BCUT2D eigenvalue weighted by Crippen LogP contribution is -2.07. The van der Waals surface area contributed by atoms with Gasteiger partial charge < -0.3 is 14.2 Å². The lowest BCUT2D eigenvalue weighted by molar-refractivity contribution is -0.134. The molecule has 31 heavy (non-hydrogen) atoms. The third-order valence-corrected chi connectivity index (χ3v) is 4.46. The zero-order valence-corrected chi connectivity index (χ0v) is 18.2. The summed E-state index contributed by atoms with van der Waals surface area (Å²) in [6, 6.07) is 13.9. The van der Waals surface area contributed by atoms with E-state index in [1.54, 1.807) is 54.6 Å². The van der Waals surface area contributed by atoms with Gasteiger partial charge in [-0.2, -0.15) is 0 Å². The number of hydrogen-bond donors (Lipinski definition) is 0. The standard InChI is InChI=1S/C26H31O5/c1-3-5-7-9-25(27)30-23-13-10-21(11-14-23)12-19-26(28)31-24-17-15-22(16-18-24)29-20-8-6-4-2/h10-19H,1,3-9,20H2,2H3/b19-12+. The van der Waals surface area contributed by atoms with E-state index in [-0.39, 0.29) is 5.97 Å². The number of rotatable bonds is 13. The zero-order valence-electron chi connectivity index (χ0n) is 18.2. The van der Waals surface area contributed by atoms with Crippen molar-refractivity contribution in [3.63, 3.8) is 0 Å². The quantitative estimate of drug-likeness (QED) is 0.167. The maximum atomic E-state index is 12.0. The molecule has 1 radical (unpaired) electrons. The molecule has 0 bridgehead atoms. The van der Waals surface area contributed by atoms with Crippen molar-refractivity contribution in [1.29, 1.82) is 0 Å². The highest BCUT2D eigenvalue weighted by Gasteiger charge is 2.05. The van der Waals surface area contributed by atoms with Crippen LogP contribution >= 0.6 is 0 Å². The van der Waals surface area contributed by atoms with Crippen LogP contribution in [0.5, 0.6) is 17.2 Å². The monoisotopic (exact) mass is 423 g/mol. The Labute approximate surface area is 185 Å². The molecule has 0 heterocycles. The first-order valence-corrected chi connectivity index (χ1v) is 10.8. The van der Waals surface area contributed by atoms with Crippen LogP contribution in [0.4, 0.5) is 0 Å². The maximum absolute atomic E-state index is 12.0. The van der Waals surface area contributed by atoms with Crippen LogP contribution in [0, 0.1) is 6.92 Å². The van der Waals surface area contributed by atoms with Crippen molar-refractivity contribution in [3.8, 4) is 17.2 Å². The minimum absolute atomic E-state index is 0.252. The van der Waals surface area contributed by atoms with Gasteiger partial charge in [-0.15, -0.1) is 0 Å². The molecule has 0 amide bonds. The first-order valence-electron chi connectivity index (χ1n) is 10.8. The molecular formula is C26H31O5. The molecule has 5 heteroatoms. The number of hydrogen-bond acceptors (Lipinski definition) is 5. The Kier molecular flexibility index (Phi) is 10.9. The highest BCUT2D eigenvalue weighted by atomic mass is 16.5. The minimum atomic E-state index is -0.475.